The lowest BCUT2D eigenvalue weighted by atomic mass is 9.94. The molecule has 5 rings (SSSR count). The van der Waals surface area contributed by atoms with Crippen molar-refractivity contribution in [2.75, 3.05) is 14.2 Å². The van der Waals surface area contributed by atoms with Crippen molar-refractivity contribution < 1.29 is 28.9 Å². The number of rotatable bonds is 6. The first-order valence-corrected chi connectivity index (χ1v) is 11.8. The van der Waals surface area contributed by atoms with Crippen LogP contribution in [0.25, 0.3) is 5.76 Å². The maximum Gasteiger partial charge on any atom is 0.295 e. The van der Waals surface area contributed by atoms with Crippen molar-refractivity contribution in [3.05, 3.63) is 94.6 Å². The highest BCUT2D eigenvalue weighted by Gasteiger charge is 2.46. The van der Waals surface area contributed by atoms with E-state index in [1.165, 1.54) is 19.1 Å². The van der Waals surface area contributed by atoms with Crippen molar-refractivity contribution in [2.24, 2.45) is 0 Å². The Bertz CT molecular complexity index is 1360. The molecular formula is C29H27NO6. The van der Waals surface area contributed by atoms with Crippen LogP contribution >= 0.6 is 0 Å². The average Bonchev–Trinajstić information content (AvgIpc) is 3.39. The highest BCUT2D eigenvalue weighted by atomic mass is 16.5. The fraction of sp³-hybridized carbons (Fsp3) is 0.241. The highest BCUT2D eigenvalue weighted by Crippen LogP contribution is 2.43. The quantitative estimate of drug-likeness (QED) is 0.311. The van der Waals surface area contributed by atoms with Crippen LogP contribution in [0.15, 0.2) is 72.3 Å². The minimum atomic E-state index is -0.812. The molecule has 1 fully saturated rings. The van der Waals surface area contributed by atoms with E-state index in [1.54, 1.807) is 30.3 Å². The monoisotopic (exact) mass is 485 g/mol. The number of ether oxygens (including phenoxy) is 3. The number of benzene rings is 3. The molecule has 0 aliphatic carbocycles. The summed E-state index contributed by atoms with van der Waals surface area (Å²) in [4.78, 5) is 28.2. The van der Waals surface area contributed by atoms with Crippen LogP contribution in [0.2, 0.25) is 0 Å². The van der Waals surface area contributed by atoms with E-state index in [1.807, 2.05) is 43.3 Å². The molecule has 0 bridgehead atoms. The normalized spacial score (nSPS) is 20.2. The number of aliphatic hydroxyl groups is 1. The Morgan fingerprint density at radius 1 is 1.00 bits per heavy atom. The van der Waals surface area contributed by atoms with Crippen LogP contribution in [-0.4, -0.2) is 42.0 Å². The second-order valence-corrected chi connectivity index (χ2v) is 8.98. The number of aliphatic hydroxyl groups excluding tert-OH is 1. The van der Waals surface area contributed by atoms with Crippen LogP contribution in [0.1, 0.15) is 35.2 Å². The van der Waals surface area contributed by atoms with Crippen molar-refractivity contribution in [3.8, 4) is 17.2 Å². The number of carbonyl (C=O) groups excluding carboxylic acids is 2. The van der Waals surface area contributed by atoms with Gasteiger partial charge in [0, 0.05) is 18.5 Å². The molecule has 7 heteroatoms. The van der Waals surface area contributed by atoms with E-state index in [0.29, 0.717) is 29.0 Å². The Kier molecular flexibility index (Phi) is 6.14. The number of amides is 1. The number of ketones is 1. The summed E-state index contributed by atoms with van der Waals surface area (Å²) in [5, 5.41) is 11.4. The van der Waals surface area contributed by atoms with Crippen molar-refractivity contribution in [1.82, 2.24) is 4.90 Å². The largest absolute Gasteiger partial charge is 0.507 e. The van der Waals surface area contributed by atoms with E-state index in [2.05, 4.69) is 0 Å². The van der Waals surface area contributed by atoms with Crippen LogP contribution in [0.5, 0.6) is 17.2 Å². The van der Waals surface area contributed by atoms with Crippen LogP contribution in [0, 0.1) is 0 Å². The summed E-state index contributed by atoms with van der Waals surface area (Å²) in [5.41, 5.74) is 2.95. The molecule has 0 spiro atoms. The lowest BCUT2D eigenvalue weighted by Gasteiger charge is -2.26. The molecule has 1 N–H and O–H groups in total. The summed E-state index contributed by atoms with van der Waals surface area (Å²) in [5.74, 6) is 0.135. The van der Waals surface area contributed by atoms with Crippen molar-refractivity contribution in [1.29, 1.82) is 0 Å². The smallest absolute Gasteiger partial charge is 0.295 e. The summed E-state index contributed by atoms with van der Waals surface area (Å²) < 4.78 is 16.6. The molecule has 0 aromatic heterocycles. The molecule has 2 heterocycles. The van der Waals surface area contributed by atoms with Crippen molar-refractivity contribution in [3.63, 3.8) is 0 Å². The zero-order chi connectivity index (χ0) is 25.4. The third-order valence-corrected chi connectivity index (χ3v) is 6.63. The van der Waals surface area contributed by atoms with Crippen LogP contribution in [-0.2, 0) is 22.6 Å². The van der Waals surface area contributed by atoms with Gasteiger partial charge >= 0.3 is 0 Å². The van der Waals surface area contributed by atoms with Gasteiger partial charge in [0.15, 0.2) is 11.5 Å². The Labute approximate surface area is 209 Å². The molecule has 3 aromatic rings. The van der Waals surface area contributed by atoms with E-state index in [-0.39, 0.29) is 24.0 Å². The van der Waals surface area contributed by atoms with E-state index in [9.17, 15) is 14.7 Å². The van der Waals surface area contributed by atoms with Gasteiger partial charge in [0.05, 0.1) is 25.8 Å². The van der Waals surface area contributed by atoms with Gasteiger partial charge in [-0.3, -0.25) is 9.59 Å². The van der Waals surface area contributed by atoms with Gasteiger partial charge < -0.3 is 24.2 Å². The van der Waals surface area contributed by atoms with Crippen LogP contribution in [0.4, 0.5) is 0 Å². The third-order valence-electron chi connectivity index (χ3n) is 6.63. The molecule has 2 aliphatic heterocycles. The molecular weight excluding hydrogens is 458 g/mol. The third kappa shape index (κ3) is 4.06. The number of hydrogen-bond acceptors (Lipinski definition) is 6. The SMILES string of the molecule is COc1ccc([C@H]2/C(=C(\O)c3ccc4c(c3)C[C@@H](C)O4)C(=O)C(=O)N2Cc2ccccc2)cc1OC. The number of Topliss-reactive ketones (excluding diaryl/α,β-unsaturated/α-hetero) is 1. The number of fused-ring (bicyclic) bond motifs is 1. The van der Waals surface area contributed by atoms with Gasteiger partial charge in [0.25, 0.3) is 11.7 Å². The number of carbonyl (C=O) groups is 2. The van der Waals surface area contributed by atoms with Gasteiger partial charge in [-0.2, -0.15) is 0 Å². The lowest BCUT2D eigenvalue weighted by Crippen LogP contribution is -2.29. The van der Waals surface area contributed by atoms with E-state index in [0.717, 1.165) is 16.9 Å². The Hall–Kier alpha value is -4.26. The maximum absolute atomic E-state index is 13.4. The number of nitrogens with zero attached hydrogens (tertiary/aromatic N) is 1. The van der Waals surface area contributed by atoms with Crippen LogP contribution in [0.3, 0.4) is 0 Å². The lowest BCUT2D eigenvalue weighted by molar-refractivity contribution is -0.140. The number of likely N-dealkylation sites (tertiary alicyclic amines) is 1. The van der Waals surface area contributed by atoms with Crippen molar-refractivity contribution >= 4 is 17.4 Å². The standard InChI is InChI=1S/C29H27NO6/c1-17-13-21-14-20(10-11-22(21)36-17)27(31)25-26(19-9-12-23(34-2)24(15-19)35-3)30(29(33)28(25)32)16-18-7-5-4-6-8-18/h4-12,14-15,17,26,31H,13,16H2,1-3H3/b27-25+/t17-,26+/m1/s1. The van der Waals surface area contributed by atoms with Crippen molar-refractivity contribution in [2.45, 2.75) is 32.0 Å². The topological polar surface area (TPSA) is 85.3 Å². The van der Waals surface area contributed by atoms with E-state index < -0.39 is 17.7 Å². The first-order valence-electron chi connectivity index (χ1n) is 11.8. The molecule has 1 amide bonds. The Morgan fingerprint density at radius 3 is 2.47 bits per heavy atom. The molecule has 0 saturated carbocycles. The molecule has 0 radical (unpaired) electrons. The zero-order valence-electron chi connectivity index (χ0n) is 20.4. The zero-order valence-corrected chi connectivity index (χ0v) is 20.4. The number of hydrogen-bond donors (Lipinski definition) is 1. The minimum absolute atomic E-state index is 0.0371. The second kappa shape index (κ2) is 9.41. The van der Waals surface area contributed by atoms with Crippen LogP contribution < -0.4 is 14.2 Å². The fourth-order valence-corrected chi connectivity index (χ4v) is 4.92. The number of methoxy groups -OCH3 is 2. The summed E-state index contributed by atoms with van der Waals surface area (Å²) >= 11 is 0. The average molecular weight is 486 g/mol. The molecule has 184 valence electrons. The van der Waals surface area contributed by atoms with Gasteiger partial charge in [-0.1, -0.05) is 36.4 Å². The van der Waals surface area contributed by atoms with Gasteiger partial charge in [-0.15, -0.1) is 0 Å². The summed E-state index contributed by atoms with van der Waals surface area (Å²) in [6.07, 6.45) is 0.748. The predicted octanol–water partition coefficient (Wildman–Crippen LogP) is 4.65. The van der Waals surface area contributed by atoms with Gasteiger partial charge in [-0.25, -0.2) is 0 Å². The molecule has 2 atom stereocenters. The van der Waals surface area contributed by atoms with Gasteiger partial charge in [-0.05, 0) is 53.9 Å². The second-order valence-electron chi connectivity index (χ2n) is 8.98. The molecule has 0 unspecified atom stereocenters. The first kappa shape index (κ1) is 23.5. The van der Waals surface area contributed by atoms with E-state index in [4.69, 9.17) is 14.2 Å². The molecule has 3 aromatic carbocycles. The Morgan fingerprint density at radius 2 is 1.75 bits per heavy atom. The molecule has 7 nitrogen and oxygen atoms in total. The first-order chi connectivity index (χ1) is 17.4. The maximum atomic E-state index is 13.4. The summed E-state index contributed by atoms with van der Waals surface area (Å²) in [7, 11) is 3.06. The molecule has 36 heavy (non-hydrogen) atoms. The fourth-order valence-electron chi connectivity index (χ4n) is 4.92. The summed E-state index contributed by atoms with van der Waals surface area (Å²) in [6.45, 7) is 2.18. The Balaban J connectivity index is 1.65. The highest BCUT2D eigenvalue weighted by molar-refractivity contribution is 6.46. The predicted molar refractivity (Wildman–Crippen MR) is 134 cm³/mol. The van der Waals surface area contributed by atoms with E-state index >= 15 is 0 Å². The minimum Gasteiger partial charge on any atom is -0.507 e. The summed E-state index contributed by atoms with van der Waals surface area (Å²) in [6, 6.07) is 19.2. The van der Waals surface area contributed by atoms with Gasteiger partial charge in [0.2, 0.25) is 0 Å². The molecule has 1 saturated heterocycles. The molecule has 2 aliphatic rings. The van der Waals surface area contributed by atoms with Gasteiger partial charge in [0.1, 0.15) is 17.6 Å².